The first kappa shape index (κ1) is 17.8. The fraction of sp³-hybridized carbons (Fsp3) is 0.292. The maximum absolute atomic E-state index is 13.2. The highest BCUT2D eigenvalue weighted by atomic mass is 32.1. The molecule has 0 N–H and O–H groups in total. The van der Waals surface area contributed by atoms with E-state index >= 15 is 0 Å². The number of hydrogen-bond acceptors (Lipinski definition) is 4. The summed E-state index contributed by atoms with van der Waals surface area (Å²) in [6, 6.07) is 16.7. The summed E-state index contributed by atoms with van der Waals surface area (Å²) in [5.74, 6) is 1.53. The second kappa shape index (κ2) is 7.06. The number of hydrogen-bond donors (Lipinski definition) is 0. The molecule has 30 heavy (non-hydrogen) atoms. The monoisotopic (exact) mass is 414 g/mol. The van der Waals surface area contributed by atoms with Crippen LogP contribution in [0, 0.1) is 0 Å². The highest BCUT2D eigenvalue weighted by molar-refractivity contribution is 7.17. The Morgan fingerprint density at radius 2 is 1.77 bits per heavy atom. The maximum Gasteiger partial charge on any atom is 0.263 e. The minimum Gasteiger partial charge on any atom is -0.338 e. The topological polar surface area (TPSA) is 50.5 Å². The molecule has 2 aliphatic rings. The van der Waals surface area contributed by atoms with Crippen molar-refractivity contribution in [1.29, 1.82) is 0 Å². The highest BCUT2D eigenvalue weighted by Crippen LogP contribution is 2.40. The second-order valence-electron chi connectivity index (χ2n) is 8.18. The van der Waals surface area contributed by atoms with E-state index in [-0.39, 0.29) is 5.91 Å². The van der Waals surface area contributed by atoms with Gasteiger partial charge in [-0.25, -0.2) is 0 Å². The molecule has 6 heteroatoms. The Morgan fingerprint density at radius 3 is 2.67 bits per heavy atom. The van der Waals surface area contributed by atoms with E-state index in [9.17, 15) is 4.79 Å². The van der Waals surface area contributed by atoms with Crippen molar-refractivity contribution in [2.24, 2.45) is 0 Å². The van der Waals surface area contributed by atoms with Crippen LogP contribution in [0.3, 0.4) is 0 Å². The number of piperidine rings is 1. The Morgan fingerprint density at radius 1 is 0.967 bits per heavy atom. The number of pyridine rings is 1. The summed E-state index contributed by atoms with van der Waals surface area (Å²) in [6.07, 6.45) is 5.96. The number of nitrogens with zero attached hydrogens (tertiary/aromatic N) is 4. The fourth-order valence-corrected chi connectivity index (χ4v) is 6.05. The number of likely N-dealkylation sites (tertiary alicyclic amines) is 1. The van der Waals surface area contributed by atoms with Gasteiger partial charge in [-0.05, 0) is 60.6 Å². The lowest BCUT2D eigenvalue weighted by Crippen LogP contribution is -2.37. The second-order valence-corrected chi connectivity index (χ2v) is 9.23. The van der Waals surface area contributed by atoms with Crippen LogP contribution in [0.4, 0.5) is 0 Å². The van der Waals surface area contributed by atoms with Crippen molar-refractivity contribution in [1.82, 2.24) is 19.5 Å². The summed E-state index contributed by atoms with van der Waals surface area (Å²) in [7, 11) is 0. The first-order chi connectivity index (χ1) is 14.8. The van der Waals surface area contributed by atoms with Gasteiger partial charge in [0.25, 0.3) is 5.91 Å². The number of carbonyl (C=O) groups is 1. The lowest BCUT2D eigenvalue weighted by atomic mass is 9.91. The van der Waals surface area contributed by atoms with Crippen LogP contribution in [0.2, 0.25) is 0 Å². The van der Waals surface area contributed by atoms with Gasteiger partial charge in [-0.2, -0.15) is 0 Å². The first-order valence-corrected chi connectivity index (χ1v) is 11.4. The highest BCUT2D eigenvalue weighted by Gasteiger charge is 2.29. The van der Waals surface area contributed by atoms with Crippen molar-refractivity contribution >= 4 is 22.9 Å². The van der Waals surface area contributed by atoms with E-state index in [1.165, 1.54) is 21.6 Å². The Hall–Kier alpha value is -2.99. The molecule has 5 nitrogen and oxygen atoms in total. The molecule has 1 fully saturated rings. The molecule has 1 saturated heterocycles. The summed E-state index contributed by atoms with van der Waals surface area (Å²) in [4.78, 5) is 17.4. The van der Waals surface area contributed by atoms with Crippen LogP contribution < -0.4 is 0 Å². The van der Waals surface area contributed by atoms with Gasteiger partial charge in [-0.15, -0.1) is 21.5 Å². The van der Waals surface area contributed by atoms with E-state index in [1.54, 1.807) is 11.3 Å². The molecule has 150 valence electrons. The number of thiophene rings is 1. The lowest BCUT2D eigenvalue weighted by Gasteiger charge is -2.31. The third-order valence-corrected chi connectivity index (χ3v) is 7.63. The number of fused-ring (bicyclic) bond motifs is 4. The molecule has 0 radical (unpaired) electrons. The van der Waals surface area contributed by atoms with E-state index in [2.05, 4.69) is 44.9 Å². The first-order valence-electron chi connectivity index (χ1n) is 10.6. The van der Waals surface area contributed by atoms with Crippen LogP contribution in [-0.4, -0.2) is 38.5 Å². The van der Waals surface area contributed by atoms with Gasteiger partial charge in [0, 0.05) is 30.1 Å². The third kappa shape index (κ3) is 2.86. The number of rotatable bonds is 2. The largest absolute Gasteiger partial charge is 0.338 e. The molecule has 1 aliphatic carbocycles. The van der Waals surface area contributed by atoms with Gasteiger partial charge in [-0.3, -0.25) is 9.20 Å². The normalized spacial score (nSPS) is 16.5. The van der Waals surface area contributed by atoms with Crippen molar-refractivity contribution < 1.29 is 4.79 Å². The van der Waals surface area contributed by atoms with Crippen LogP contribution in [0.15, 0.2) is 54.7 Å². The summed E-state index contributed by atoms with van der Waals surface area (Å²) in [6.45, 7) is 1.54. The Balaban J connectivity index is 1.20. The number of benzene rings is 1. The zero-order valence-corrected chi connectivity index (χ0v) is 17.4. The van der Waals surface area contributed by atoms with Crippen molar-refractivity contribution in [2.45, 2.75) is 31.6 Å². The number of aromatic nitrogens is 3. The van der Waals surface area contributed by atoms with E-state index in [4.69, 9.17) is 0 Å². The van der Waals surface area contributed by atoms with Crippen molar-refractivity contribution in [2.75, 3.05) is 13.1 Å². The zero-order valence-electron chi connectivity index (χ0n) is 16.6. The zero-order chi connectivity index (χ0) is 20.1. The summed E-state index contributed by atoms with van der Waals surface area (Å²) < 4.78 is 2.08. The number of carbonyl (C=O) groups excluding carboxylic acids is 1. The van der Waals surface area contributed by atoms with Crippen LogP contribution in [0.1, 0.15) is 45.4 Å². The summed E-state index contributed by atoms with van der Waals surface area (Å²) in [5, 5.41) is 8.71. The fourth-order valence-electron chi connectivity index (χ4n) is 4.81. The molecule has 1 aromatic carbocycles. The van der Waals surface area contributed by atoms with E-state index in [1.807, 2.05) is 29.3 Å². The van der Waals surface area contributed by atoms with Crippen molar-refractivity contribution in [3.05, 3.63) is 76.6 Å². The van der Waals surface area contributed by atoms with Gasteiger partial charge in [0.1, 0.15) is 5.82 Å². The average molecular weight is 415 g/mol. The lowest BCUT2D eigenvalue weighted by molar-refractivity contribution is 0.0715. The van der Waals surface area contributed by atoms with Gasteiger partial charge in [-0.1, -0.05) is 30.3 Å². The predicted octanol–water partition coefficient (Wildman–Crippen LogP) is 4.58. The predicted molar refractivity (Wildman–Crippen MR) is 118 cm³/mol. The third-order valence-electron chi connectivity index (χ3n) is 6.43. The van der Waals surface area contributed by atoms with Crippen molar-refractivity contribution in [3.63, 3.8) is 0 Å². The molecule has 4 aromatic rings. The summed E-state index contributed by atoms with van der Waals surface area (Å²) >= 11 is 1.66. The van der Waals surface area contributed by atoms with Crippen LogP contribution in [-0.2, 0) is 12.8 Å². The molecule has 3 aromatic heterocycles. The van der Waals surface area contributed by atoms with E-state index in [0.29, 0.717) is 5.92 Å². The molecular weight excluding hydrogens is 392 g/mol. The van der Waals surface area contributed by atoms with Crippen LogP contribution in [0.25, 0.3) is 16.1 Å². The summed E-state index contributed by atoms with van der Waals surface area (Å²) in [5.41, 5.74) is 4.91. The number of aryl methyl sites for hydroxylation is 2. The van der Waals surface area contributed by atoms with Gasteiger partial charge >= 0.3 is 0 Å². The average Bonchev–Trinajstić information content (AvgIpc) is 3.43. The van der Waals surface area contributed by atoms with Crippen LogP contribution in [0.5, 0.6) is 0 Å². The molecular formula is C24H22N4OS. The molecule has 0 spiro atoms. The molecule has 0 bridgehead atoms. The Kier molecular flexibility index (Phi) is 4.20. The molecule has 1 amide bonds. The number of amides is 1. The van der Waals surface area contributed by atoms with Gasteiger partial charge in [0.05, 0.1) is 4.88 Å². The molecule has 4 heterocycles. The van der Waals surface area contributed by atoms with E-state index < -0.39 is 0 Å². The Bertz CT molecular complexity index is 1250. The van der Waals surface area contributed by atoms with Gasteiger partial charge in [0.15, 0.2) is 5.65 Å². The van der Waals surface area contributed by atoms with Crippen LogP contribution >= 0.6 is 11.3 Å². The molecule has 0 unspecified atom stereocenters. The van der Waals surface area contributed by atoms with Crippen molar-refractivity contribution in [3.8, 4) is 10.4 Å². The molecule has 0 atom stereocenters. The minimum absolute atomic E-state index is 0.177. The Labute approximate surface area is 179 Å². The van der Waals surface area contributed by atoms with Gasteiger partial charge < -0.3 is 4.90 Å². The minimum atomic E-state index is 0.177. The standard InChI is InChI=1S/C24H22N4OS/c29-24(20-15-18-9-8-16-5-1-2-6-19(16)22(18)30-20)27-13-10-17(11-14-27)23-26-25-21-7-3-4-12-28(21)23/h1-7,12,15,17H,8-11,13-14H2. The molecule has 6 rings (SSSR count). The van der Waals surface area contributed by atoms with E-state index in [0.717, 1.165) is 55.1 Å². The quantitative estimate of drug-likeness (QED) is 0.483. The van der Waals surface area contributed by atoms with Gasteiger partial charge in [0.2, 0.25) is 0 Å². The molecule has 1 aliphatic heterocycles. The molecule has 0 saturated carbocycles. The SMILES string of the molecule is O=C(c1cc2c(s1)-c1ccccc1CC2)N1CCC(c2nnc3ccccn23)CC1. The maximum atomic E-state index is 13.2. The smallest absolute Gasteiger partial charge is 0.263 e.